The molecular formula is C15H20N6O4. The van der Waals surface area contributed by atoms with E-state index in [1.165, 1.54) is 7.11 Å². The van der Waals surface area contributed by atoms with Crippen molar-refractivity contribution >= 4 is 29.0 Å². The Morgan fingerprint density at radius 2 is 2.04 bits per heavy atom. The first-order chi connectivity index (χ1) is 12.1. The third-order valence-electron chi connectivity index (χ3n) is 3.26. The molecule has 25 heavy (non-hydrogen) atoms. The molecule has 0 fully saturated rings. The molecule has 0 amide bonds. The van der Waals surface area contributed by atoms with Gasteiger partial charge in [0.25, 0.3) is 0 Å². The van der Waals surface area contributed by atoms with Crippen LogP contribution in [0.5, 0.6) is 5.75 Å². The van der Waals surface area contributed by atoms with Gasteiger partial charge < -0.3 is 25.8 Å². The minimum atomic E-state index is -0.623. The van der Waals surface area contributed by atoms with Gasteiger partial charge in [-0.25, -0.2) is 0 Å². The number of aromatic nitrogens is 2. The van der Waals surface area contributed by atoms with E-state index >= 15 is 0 Å². The molecule has 0 aliphatic carbocycles. The lowest BCUT2D eigenvalue weighted by Crippen LogP contribution is -2.12. The molecule has 134 valence electrons. The molecule has 2 aromatic rings. The highest BCUT2D eigenvalue weighted by molar-refractivity contribution is 5.76. The summed E-state index contributed by atoms with van der Waals surface area (Å²) in [6, 6.07) is 7.00. The Balaban J connectivity index is 2.32. The summed E-state index contributed by atoms with van der Waals surface area (Å²) in [6.07, 6.45) is 0.728. The van der Waals surface area contributed by atoms with E-state index in [2.05, 4.69) is 20.6 Å². The van der Waals surface area contributed by atoms with E-state index in [-0.39, 0.29) is 17.6 Å². The van der Waals surface area contributed by atoms with Crippen LogP contribution in [0.2, 0.25) is 0 Å². The van der Waals surface area contributed by atoms with Crippen molar-refractivity contribution in [1.29, 1.82) is 0 Å². The molecule has 1 aromatic heterocycles. The van der Waals surface area contributed by atoms with E-state index in [0.717, 1.165) is 6.42 Å². The second-order valence-electron chi connectivity index (χ2n) is 4.99. The molecule has 2 rings (SSSR count). The first-order valence-electron chi connectivity index (χ1n) is 7.51. The Morgan fingerprint density at radius 1 is 1.28 bits per heavy atom. The molecular weight excluding hydrogens is 328 g/mol. The fourth-order valence-electron chi connectivity index (χ4n) is 2.11. The molecule has 0 saturated carbocycles. The van der Waals surface area contributed by atoms with E-state index in [9.17, 15) is 10.1 Å². The lowest BCUT2D eigenvalue weighted by atomic mass is 10.3. The average Bonchev–Trinajstić information content (AvgIpc) is 2.58. The molecule has 0 unspecified atom stereocenters. The minimum Gasteiger partial charge on any atom is -0.495 e. The van der Waals surface area contributed by atoms with Crippen molar-refractivity contribution in [2.45, 2.75) is 6.42 Å². The maximum atomic E-state index is 11.3. The molecule has 10 heteroatoms. The number of nitrogens with one attached hydrogen (secondary N) is 2. The number of para-hydroxylation sites is 2. The SMILES string of the molecule is COCCCNc1nc(N)c([N+](=O)[O-])c(Nc2ccccc2OC)n1. The van der Waals surface area contributed by atoms with E-state index in [0.29, 0.717) is 24.6 Å². The standard InChI is InChI=1S/C15H20N6O4/c1-24-9-5-8-17-15-19-13(16)12(21(22)23)14(20-15)18-10-6-3-4-7-11(10)25-2/h3-4,6-7H,5,8-9H2,1-2H3,(H4,16,17,18,19,20). The third-order valence-corrected chi connectivity index (χ3v) is 3.26. The van der Waals surface area contributed by atoms with Crippen LogP contribution in [0.15, 0.2) is 24.3 Å². The summed E-state index contributed by atoms with van der Waals surface area (Å²) >= 11 is 0. The predicted octanol–water partition coefficient (Wildman–Crippen LogP) is 2.17. The molecule has 0 radical (unpaired) electrons. The quantitative estimate of drug-likeness (QED) is 0.353. The number of hydrogen-bond donors (Lipinski definition) is 3. The highest BCUT2D eigenvalue weighted by atomic mass is 16.6. The normalized spacial score (nSPS) is 10.3. The zero-order chi connectivity index (χ0) is 18.2. The third kappa shape index (κ3) is 4.67. The van der Waals surface area contributed by atoms with Crippen LogP contribution in [0.4, 0.5) is 29.0 Å². The number of nitrogens with zero attached hydrogens (tertiary/aromatic N) is 3. The molecule has 10 nitrogen and oxygen atoms in total. The van der Waals surface area contributed by atoms with Gasteiger partial charge in [0, 0.05) is 20.3 Å². The number of anilines is 4. The highest BCUT2D eigenvalue weighted by Gasteiger charge is 2.24. The Bertz CT molecular complexity index is 740. The lowest BCUT2D eigenvalue weighted by molar-refractivity contribution is -0.383. The van der Waals surface area contributed by atoms with Crippen LogP contribution >= 0.6 is 0 Å². The summed E-state index contributed by atoms with van der Waals surface area (Å²) < 4.78 is 10.2. The van der Waals surface area contributed by atoms with Crippen LogP contribution in [0.3, 0.4) is 0 Å². The van der Waals surface area contributed by atoms with Crippen molar-refractivity contribution in [3.05, 3.63) is 34.4 Å². The van der Waals surface area contributed by atoms with Gasteiger partial charge in [-0.15, -0.1) is 0 Å². The first-order valence-corrected chi connectivity index (χ1v) is 7.51. The van der Waals surface area contributed by atoms with E-state index < -0.39 is 10.6 Å². The van der Waals surface area contributed by atoms with Crippen LogP contribution < -0.4 is 21.1 Å². The average molecular weight is 348 g/mol. The van der Waals surface area contributed by atoms with Gasteiger partial charge in [-0.05, 0) is 18.6 Å². The van der Waals surface area contributed by atoms with Crippen molar-refractivity contribution in [3.63, 3.8) is 0 Å². The molecule has 1 aromatic carbocycles. The maximum absolute atomic E-state index is 11.3. The highest BCUT2D eigenvalue weighted by Crippen LogP contribution is 2.34. The van der Waals surface area contributed by atoms with E-state index in [1.807, 2.05) is 0 Å². The second-order valence-corrected chi connectivity index (χ2v) is 4.99. The van der Waals surface area contributed by atoms with Crippen molar-refractivity contribution in [1.82, 2.24) is 9.97 Å². The van der Waals surface area contributed by atoms with Crippen molar-refractivity contribution < 1.29 is 14.4 Å². The molecule has 0 saturated heterocycles. The zero-order valence-electron chi connectivity index (χ0n) is 14.0. The fraction of sp³-hybridized carbons (Fsp3) is 0.333. The van der Waals surface area contributed by atoms with Gasteiger partial charge in [0.1, 0.15) is 5.75 Å². The van der Waals surface area contributed by atoms with Gasteiger partial charge in [-0.3, -0.25) is 10.1 Å². The van der Waals surface area contributed by atoms with Crippen LogP contribution in [-0.2, 0) is 4.74 Å². The molecule has 0 atom stereocenters. The number of nitrogen functional groups attached to an aromatic ring is 1. The lowest BCUT2D eigenvalue weighted by Gasteiger charge is -2.12. The molecule has 0 bridgehead atoms. The summed E-state index contributed by atoms with van der Waals surface area (Å²) in [5.74, 6) is 0.461. The van der Waals surface area contributed by atoms with Gasteiger partial charge >= 0.3 is 5.69 Å². The Morgan fingerprint density at radius 3 is 2.72 bits per heavy atom. The van der Waals surface area contributed by atoms with Crippen LogP contribution in [-0.4, -0.2) is 42.3 Å². The summed E-state index contributed by atoms with van der Waals surface area (Å²) in [7, 11) is 3.11. The van der Waals surface area contributed by atoms with Crippen molar-refractivity contribution in [3.8, 4) is 5.75 Å². The number of nitrogens with two attached hydrogens (primary N) is 1. The number of nitro groups is 1. The smallest absolute Gasteiger partial charge is 0.353 e. The van der Waals surface area contributed by atoms with Gasteiger partial charge in [0.2, 0.25) is 17.6 Å². The minimum absolute atomic E-state index is 0.0174. The molecule has 0 aliphatic rings. The number of rotatable bonds is 9. The van der Waals surface area contributed by atoms with E-state index in [1.54, 1.807) is 31.4 Å². The number of methoxy groups -OCH3 is 2. The zero-order valence-corrected chi connectivity index (χ0v) is 14.0. The molecule has 0 aliphatic heterocycles. The second kappa shape index (κ2) is 8.64. The summed E-state index contributed by atoms with van der Waals surface area (Å²) in [4.78, 5) is 18.8. The van der Waals surface area contributed by atoms with Gasteiger partial charge in [0.05, 0.1) is 17.7 Å². The molecule has 0 spiro atoms. The van der Waals surface area contributed by atoms with Gasteiger partial charge in [-0.2, -0.15) is 9.97 Å². The topological polar surface area (TPSA) is 137 Å². The fourth-order valence-corrected chi connectivity index (χ4v) is 2.11. The summed E-state index contributed by atoms with van der Waals surface area (Å²) in [5, 5.41) is 17.2. The Hall–Kier alpha value is -3.14. The number of ether oxygens (including phenoxy) is 2. The Labute approximate surface area is 144 Å². The van der Waals surface area contributed by atoms with Crippen LogP contribution in [0.1, 0.15) is 6.42 Å². The molecule has 4 N–H and O–H groups in total. The molecule has 1 heterocycles. The van der Waals surface area contributed by atoms with Crippen molar-refractivity contribution in [2.75, 3.05) is 43.7 Å². The van der Waals surface area contributed by atoms with Gasteiger partial charge in [-0.1, -0.05) is 12.1 Å². The largest absolute Gasteiger partial charge is 0.495 e. The predicted molar refractivity (Wildman–Crippen MR) is 94.4 cm³/mol. The monoisotopic (exact) mass is 348 g/mol. The summed E-state index contributed by atoms with van der Waals surface area (Å²) in [5.41, 5.74) is 5.88. The van der Waals surface area contributed by atoms with Crippen molar-refractivity contribution in [2.24, 2.45) is 0 Å². The first kappa shape index (κ1) is 18.2. The Kier molecular flexibility index (Phi) is 6.29. The van der Waals surface area contributed by atoms with E-state index in [4.69, 9.17) is 15.2 Å². The van der Waals surface area contributed by atoms with Crippen LogP contribution in [0.25, 0.3) is 0 Å². The van der Waals surface area contributed by atoms with Gasteiger partial charge in [0.15, 0.2) is 0 Å². The van der Waals surface area contributed by atoms with Crippen LogP contribution in [0, 0.1) is 10.1 Å². The summed E-state index contributed by atoms with van der Waals surface area (Å²) in [6.45, 7) is 1.11. The number of benzene rings is 1. The maximum Gasteiger partial charge on any atom is 0.353 e. The number of hydrogen-bond acceptors (Lipinski definition) is 9.